The molecule has 1 heteroatoms. The molecule has 0 radical (unpaired) electrons. The highest BCUT2D eigenvalue weighted by Crippen LogP contribution is 2.44. The molecule has 2 N–H and O–H groups in total. The van der Waals surface area contributed by atoms with Gasteiger partial charge in [-0.05, 0) is 50.0 Å². The molecule has 13 heavy (non-hydrogen) atoms. The van der Waals surface area contributed by atoms with Gasteiger partial charge in [0.25, 0.3) is 0 Å². The van der Waals surface area contributed by atoms with Crippen LogP contribution in [-0.4, -0.2) is 6.54 Å². The molecule has 1 aliphatic carbocycles. The predicted molar refractivity (Wildman–Crippen MR) is 58.6 cm³/mol. The Labute approximate surface area is 83.1 Å². The summed E-state index contributed by atoms with van der Waals surface area (Å²) in [6.45, 7) is 5.58. The van der Waals surface area contributed by atoms with Crippen LogP contribution in [0.2, 0.25) is 0 Å². The predicted octanol–water partition coefficient (Wildman–Crippen LogP) is 3.33. The van der Waals surface area contributed by atoms with Crippen molar-refractivity contribution >= 4 is 0 Å². The van der Waals surface area contributed by atoms with Gasteiger partial charge < -0.3 is 5.73 Å². The maximum atomic E-state index is 5.71. The van der Waals surface area contributed by atoms with E-state index in [9.17, 15) is 0 Å². The number of nitrogens with two attached hydrogens (primary N) is 1. The van der Waals surface area contributed by atoms with Crippen molar-refractivity contribution in [1.82, 2.24) is 0 Å². The molecule has 1 aliphatic rings. The fraction of sp³-hybridized carbons (Fsp3) is 1.00. The van der Waals surface area contributed by atoms with Crippen molar-refractivity contribution in [3.63, 3.8) is 0 Å². The summed E-state index contributed by atoms with van der Waals surface area (Å²) in [7, 11) is 0. The molecule has 1 nitrogen and oxygen atoms in total. The van der Waals surface area contributed by atoms with Gasteiger partial charge in [0.05, 0.1) is 0 Å². The zero-order chi connectivity index (χ0) is 9.73. The average molecular weight is 183 g/mol. The maximum absolute atomic E-state index is 5.71. The van der Waals surface area contributed by atoms with E-state index in [-0.39, 0.29) is 0 Å². The lowest BCUT2D eigenvalue weighted by Gasteiger charge is -2.39. The SMILES string of the molecule is CCCC1(CC)CCC(CN)CC1. The van der Waals surface area contributed by atoms with Crippen molar-refractivity contribution in [2.75, 3.05) is 6.54 Å². The third-order valence-corrected chi connectivity index (χ3v) is 4.03. The molecule has 0 aromatic carbocycles. The van der Waals surface area contributed by atoms with E-state index < -0.39 is 0 Å². The fourth-order valence-corrected chi connectivity index (χ4v) is 2.84. The molecule has 1 saturated carbocycles. The number of rotatable bonds is 4. The molecule has 0 aliphatic heterocycles. The molecule has 0 amide bonds. The average Bonchev–Trinajstić information content (AvgIpc) is 2.19. The molecule has 0 spiro atoms. The van der Waals surface area contributed by atoms with E-state index in [2.05, 4.69) is 13.8 Å². The quantitative estimate of drug-likeness (QED) is 0.711. The van der Waals surface area contributed by atoms with E-state index in [1.807, 2.05) is 0 Å². The van der Waals surface area contributed by atoms with Crippen LogP contribution in [-0.2, 0) is 0 Å². The Hall–Kier alpha value is -0.0400. The molecular formula is C12H25N. The van der Waals surface area contributed by atoms with E-state index in [1.54, 1.807) is 0 Å². The smallest absolute Gasteiger partial charge is 0.00489 e. The first-order valence-electron chi connectivity index (χ1n) is 5.96. The fourth-order valence-electron chi connectivity index (χ4n) is 2.84. The van der Waals surface area contributed by atoms with Gasteiger partial charge in [0.1, 0.15) is 0 Å². The van der Waals surface area contributed by atoms with Crippen molar-refractivity contribution in [2.24, 2.45) is 17.1 Å². The third-order valence-electron chi connectivity index (χ3n) is 4.03. The summed E-state index contributed by atoms with van der Waals surface area (Å²) < 4.78 is 0. The molecule has 0 atom stereocenters. The Morgan fingerprint density at radius 3 is 2.23 bits per heavy atom. The monoisotopic (exact) mass is 183 g/mol. The summed E-state index contributed by atoms with van der Waals surface area (Å²) in [5, 5.41) is 0. The summed E-state index contributed by atoms with van der Waals surface area (Å²) >= 11 is 0. The summed E-state index contributed by atoms with van der Waals surface area (Å²) in [6.07, 6.45) is 9.77. The number of hydrogen-bond acceptors (Lipinski definition) is 1. The van der Waals surface area contributed by atoms with Crippen molar-refractivity contribution in [3.8, 4) is 0 Å². The van der Waals surface area contributed by atoms with Crippen LogP contribution in [0.25, 0.3) is 0 Å². The Bertz CT molecular complexity index is 134. The first kappa shape index (κ1) is 11.0. The summed E-state index contributed by atoms with van der Waals surface area (Å²) in [4.78, 5) is 0. The molecule has 78 valence electrons. The van der Waals surface area contributed by atoms with E-state index >= 15 is 0 Å². The van der Waals surface area contributed by atoms with Crippen molar-refractivity contribution in [2.45, 2.75) is 58.8 Å². The van der Waals surface area contributed by atoms with Gasteiger partial charge in [-0.2, -0.15) is 0 Å². The van der Waals surface area contributed by atoms with Crippen molar-refractivity contribution in [3.05, 3.63) is 0 Å². The first-order chi connectivity index (χ1) is 6.26. The molecular weight excluding hydrogens is 158 g/mol. The highest BCUT2D eigenvalue weighted by atomic mass is 14.6. The van der Waals surface area contributed by atoms with Crippen molar-refractivity contribution in [1.29, 1.82) is 0 Å². The zero-order valence-electron chi connectivity index (χ0n) is 9.31. The van der Waals surface area contributed by atoms with Gasteiger partial charge in [0, 0.05) is 0 Å². The van der Waals surface area contributed by atoms with Crippen LogP contribution >= 0.6 is 0 Å². The van der Waals surface area contributed by atoms with Crippen LogP contribution in [0, 0.1) is 11.3 Å². The Kier molecular flexibility index (Phi) is 4.24. The molecule has 1 fully saturated rings. The normalized spacial score (nSPS) is 34.8. The molecule has 0 bridgehead atoms. The standard InChI is InChI=1S/C12H25N/c1-3-7-12(4-2)8-5-11(10-13)6-9-12/h11H,3-10,13H2,1-2H3. The van der Waals surface area contributed by atoms with Gasteiger partial charge in [0.15, 0.2) is 0 Å². The minimum Gasteiger partial charge on any atom is -0.330 e. The van der Waals surface area contributed by atoms with E-state index in [1.165, 1.54) is 44.9 Å². The van der Waals surface area contributed by atoms with Gasteiger partial charge in [-0.25, -0.2) is 0 Å². The van der Waals surface area contributed by atoms with E-state index in [0.717, 1.165) is 12.5 Å². The van der Waals surface area contributed by atoms with Crippen LogP contribution < -0.4 is 5.73 Å². The highest BCUT2D eigenvalue weighted by Gasteiger charge is 2.32. The van der Waals surface area contributed by atoms with Gasteiger partial charge in [-0.3, -0.25) is 0 Å². The summed E-state index contributed by atoms with van der Waals surface area (Å²) in [5.41, 5.74) is 6.40. The molecule has 1 rings (SSSR count). The van der Waals surface area contributed by atoms with Crippen LogP contribution in [0.3, 0.4) is 0 Å². The summed E-state index contributed by atoms with van der Waals surface area (Å²) in [6, 6.07) is 0. The molecule has 0 aromatic rings. The van der Waals surface area contributed by atoms with Gasteiger partial charge >= 0.3 is 0 Å². The number of hydrogen-bond donors (Lipinski definition) is 1. The molecule has 0 unspecified atom stereocenters. The Balaban J connectivity index is 2.42. The maximum Gasteiger partial charge on any atom is -0.00489 e. The minimum absolute atomic E-state index is 0.695. The lowest BCUT2D eigenvalue weighted by Crippen LogP contribution is -2.29. The van der Waals surface area contributed by atoms with E-state index in [0.29, 0.717) is 5.41 Å². The second-order valence-electron chi connectivity index (χ2n) is 4.78. The lowest BCUT2D eigenvalue weighted by atomic mass is 9.67. The zero-order valence-corrected chi connectivity index (χ0v) is 9.31. The van der Waals surface area contributed by atoms with Crippen LogP contribution in [0.15, 0.2) is 0 Å². The molecule has 0 heterocycles. The second kappa shape index (κ2) is 4.99. The summed E-state index contributed by atoms with van der Waals surface area (Å²) in [5.74, 6) is 0.830. The van der Waals surface area contributed by atoms with Crippen molar-refractivity contribution < 1.29 is 0 Å². The Morgan fingerprint density at radius 2 is 1.85 bits per heavy atom. The molecule has 0 saturated heterocycles. The van der Waals surface area contributed by atoms with Crippen LogP contribution in [0.1, 0.15) is 58.8 Å². The van der Waals surface area contributed by atoms with Gasteiger partial charge in [0.2, 0.25) is 0 Å². The third kappa shape index (κ3) is 2.70. The van der Waals surface area contributed by atoms with E-state index in [4.69, 9.17) is 5.73 Å². The topological polar surface area (TPSA) is 26.0 Å². The largest absolute Gasteiger partial charge is 0.330 e. The lowest BCUT2D eigenvalue weighted by molar-refractivity contribution is 0.131. The second-order valence-corrected chi connectivity index (χ2v) is 4.78. The van der Waals surface area contributed by atoms with Crippen LogP contribution in [0.4, 0.5) is 0 Å². The highest BCUT2D eigenvalue weighted by molar-refractivity contribution is 4.84. The van der Waals surface area contributed by atoms with Gasteiger partial charge in [-0.1, -0.05) is 26.7 Å². The first-order valence-corrected chi connectivity index (χ1v) is 5.96. The minimum atomic E-state index is 0.695. The Morgan fingerprint density at radius 1 is 1.23 bits per heavy atom. The van der Waals surface area contributed by atoms with Gasteiger partial charge in [-0.15, -0.1) is 0 Å². The molecule has 0 aromatic heterocycles. The van der Waals surface area contributed by atoms with Crippen LogP contribution in [0.5, 0.6) is 0 Å².